The molecule has 2 fully saturated rings. The van der Waals surface area contributed by atoms with Crippen LogP contribution in [0.5, 0.6) is 0 Å². The Morgan fingerprint density at radius 1 is 1.41 bits per heavy atom. The number of hydrogen-bond acceptors (Lipinski definition) is 3. The zero-order valence-electron chi connectivity index (χ0n) is 10.5. The van der Waals surface area contributed by atoms with Crippen LogP contribution in [0.15, 0.2) is 0 Å². The summed E-state index contributed by atoms with van der Waals surface area (Å²) in [5.74, 6) is 1.44. The molecule has 1 heterocycles. The summed E-state index contributed by atoms with van der Waals surface area (Å²) in [4.78, 5) is 13.9. The normalized spacial score (nSPS) is 29.5. The van der Waals surface area contributed by atoms with Gasteiger partial charge in [-0.2, -0.15) is 0 Å². The molecule has 4 nitrogen and oxygen atoms in total. The number of nitrogens with zero attached hydrogens (tertiary/aromatic N) is 1. The topological polar surface area (TPSA) is 58.4 Å². The summed E-state index contributed by atoms with van der Waals surface area (Å²) in [5, 5.41) is 3.01. The van der Waals surface area contributed by atoms with Crippen LogP contribution in [0.2, 0.25) is 0 Å². The van der Waals surface area contributed by atoms with Gasteiger partial charge in [-0.05, 0) is 31.1 Å². The van der Waals surface area contributed by atoms with Crippen molar-refractivity contribution in [3.05, 3.63) is 0 Å². The molecule has 2 unspecified atom stereocenters. The highest BCUT2D eigenvalue weighted by atomic mass is 35.5. The van der Waals surface area contributed by atoms with Crippen molar-refractivity contribution < 1.29 is 4.79 Å². The number of amides is 1. The Morgan fingerprint density at radius 3 is 2.71 bits per heavy atom. The van der Waals surface area contributed by atoms with E-state index in [0.29, 0.717) is 18.5 Å². The van der Waals surface area contributed by atoms with Gasteiger partial charge in [0.25, 0.3) is 0 Å². The molecule has 0 radical (unpaired) electrons. The van der Waals surface area contributed by atoms with Gasteiger partial charge in [-0.25, -0.2) is 0 Å². The molecule has 1 saturated carbocycles. The van der Waals surface area contributed by atoms with Crippen LogP contribution in [-0.4, -0.2) is 43.0 Å². The first-order chi connectivity index (χ1) is 7.65. The van der Waals surface area contributed by atoms with E-state index in [-0.39, 0.29) is 18.3 Å². The van der Waals surface area contributed by atoms with Crippen molar-refractivity contribution in [2.45, 2.75) is 32.2 Å². The van der Waals surface area contributed by atoms with Crippen molar-refractivity contribution in [1.29, 1.82) is 0 Å². The fourth-order valence-electron chi connectivity index (χ4n) is 2.23. The minimum Gasteiger partial charge on any atom is -0.355 e. The Morgan fingerprint density at radius 2 is 2.12 bits per heavy atom. The Kier molecular flexibility index (Phi) is 5.70. The molecule has 1 aliphatic carbocycles. The van der Waals surface area contributed by atoms with Crippen molar-refractivity contribution in [3.63, 3.8) is 0 Å². The maximum Gasteiger partial charge on any atom is 0.234 e. The summed E-state index contributed by atoms with van der Waals surface area (Å²) >= 11 is 0. The second kappa shape index (κ2) is 6.57. The molecule has 1 saturated heterocycles. The number of rotatable bonds is 4. The molecular formula is C12H24ClN3O. The minimum absolute atomic E-state index is 0. The second-order valence-electron chi connectivity index (χ2n) is 5.41. The Balaban J connectivity index is 0.00000144. The van der Waals surface area contributed by atoms with Gasteiger partial charge in [0.1, 0.15) is 0 Å². The van der Waals surface area contributed by atoms with E-state index >= 15 is 0 Å². The van der Waals surface area contributed by atoms with E-state index in [0.717, 1.165) is 32.0 Å². The smallest absolute Gasteiger partial charge is 0.234 e. The lowest BCUT2D eigenvalue weighted by Gasteiger charge is -2.34. The number of hydrogen-bond donors (Lipinski definition) is 2. The molecule has 0 aromatic heterocycles. The third-order valence-electron chi connectivity index (χ3n) is 3.71. The van der Waals surface area contributed by atoms with Crippen LogP contribution >= 0.6 is 12.4 Å². The number of nitrogens with two attached hydrogens (primary N) is 1. The maximum atomic E-state index is 11.6. The zero-order valence-corrected chi connectivity index (χ0v) is 11.3. The fourth-order valence-corrected chi connectivity index (χ4v) is 2.23. The predicted octanol–water partition coefficient (Wildman–Crippen LogP) is 0.604. The molecule has 1 amide bonds. The molecule has 17 heavy (non-hydrogen) atoms. The second-order valence-corrected chi connectivity index (χ2v) is 5.41. The standard InChI is InChI=1S/C12H23N3O.ClH/c1-9-7-15(5-4-11(9)13)8-12(16)14-6-10-2-3-10;/h9-11H,2-8,13H2,1H3,(H,14,16);1H. The average Bonchev–Trinajstić information content (AvgIpc) is 3.04. The molecule has 5 heteroatoms. The zero-order chi connectivity index (χ0) is 11.5. The van der Waals surface area contributed by atoms with Gasteiger partial charge in [-0.1, -0.05) is 6.92 Å². The Hall–Kier alpha value is -0.320. The molecule has 100 valence electrons. The quantitative estimate of drug-likeness (QED) is 0.779. The van der Waals surface area contributed by atoms with Crippen LogP contribution in [0.25, 0.3) is 0 Å². The molecule has 2 aliphatic rings. The lowest BCUT2D eigenvalue weighted by molar-refractivity contribution is -0.122. The van der Waals surface area contributed by atoms with E-state index in [4.69, 9.17) is 5.73 Å². The largest absolute Gasteiger partial charge is 0.355 e. The highest BCUT2D eigenvalue weighted by Gasteiger charge is 2.25. The lowest BCUT2D eigenvalue weighted by atomic mass is 9.95. The van der Waals surface area contributed by atoms with Crippen molar-refractivity contribution in [3.8, 4) is 0 Å². The monoisotopic (exact) mass is 261 g/mol. The molecule has 2 rings (SSSR count). The van der Waals surface area contributed by atoms with Gasteiger partial charge in [0.15, 0.2) is 0 Å². The van der Waals surface area contributed by atoms with E-state index < -0.39 is 0 Å². The van der Waals surface area contributed by atoms with Crippen LogP contribution in [-0.2, 0) is 4.79 Å². The molecular weight excluding hydrogens is 238 g/mol. The number of carbonyl (C=O) groups excluding carboxylic acids is 1. The number of likely N-dealkylation sites (tertiary alicyclic amines) is 1. The summed E-state index contributed by atoms with van der Waals surface area (Å²) in [6.07, 6.45) is 3.59. The summed E-state index contributed by atoms with van der Waals surface area (Å²) in [7, 11) is 0. The SMILES string of the molecule is CC1CN(CC(=O)NCC2CC2)CCC1N.Cl. The molecule has 0 bridgehead atoms. The van der Waals surface area contributed by atoms with Crippen molar-refractivity contribution in [2.75, 3.05) is 26.2 Å². The van der Waals surface area contributed by atoms with Gasteiger partial charge < -0.3 is 11.1 Å². The van der Waals surface area contributed by atoms with Gasteiger partial charge in [0, 0.05) is 25.7 Å². The number of piperidine rings is 1. The summed E-state index contributed by atoms with van der Waals surface area (Å²) < 4.78 is 0. The summed E-state index contributed by atoms with van der Waals surface area (Å²) in [5.41, 5.74) is 5.95. The average molecular weight is 262 g/mol. The third kappa shape index (κ3) is 4.82. The minimum atomic E-state index is 0. The first-order valence-electron chi connectivity index (χ1n) is 6.40. The van der Waals surface area contributed by atoms with Crippen molar-refractivity contribution in [1.82, 2.24) is 10.2 Å². The summed E-state index contributed by atoms with van der Waals surface area (Å²) in [6, 6.07) is 0.311. The van der Waals surface area contributed by atoms with E-state index in [2.05, 4.69) is 17.1 Å². The van der Waals surface area contributed by atoms with E-state index in [1.807, 2.05) is 0 Å². The first kappa shape index (κ1) is 14.7. The van der Waals surface area contributed by atoms with E-state index in [1.54, 1.807) is 0 Å². The maximum absolute atomic E-state index is 11.6. The predicted molar refractivity (Wildman–Crippen MR) is 71.2 cm³/mol. The van der Waals surface area contributed by atoms with Gasteiger partial charge in [-0.15, -0.1) is 12.4 Å². The third-order valence-corrected chi connectivity index (χ3v) is 3.71. The van der Waals surface area contributed by atoms with Crippen molar-refractivity contribution in [2.24, 2.45) is 17.6 Å². The molecule has 2 atom stereocenters. The van der Waals surface area contributed by atoms with Crippen LogP contribution in [0.3, 0.4) is 0 Å². The number of nitrogens with one attached hydrogen (secondary N) is 1. The lowest BCUT2D eigenvalue weighted by Crippen LogP contribution is -2.49. The molecule has 0 aromatic carbocycles. The van der Waals surface area contributed by atoms with E-state index in [1.165, 1.54) is 12.8 Å². The highest BCUT2D eigenvalue weighted by molar-refractivity contribution is 5.85. The van der Waals surface area contributed by atoms with E-state index in [9.17, 15) is 4.79 Å². The number of carbonyl (C=O) groups is 1. The highest BCUT2D eigenvalue weighted by Crippen LogP contribution is 2.27. The Bertz CT molecular complexity index is 258. The van der Waals surface area contributed by atoms with Gasteiger partial charge in [0.2, 0.25) is 5.91 Å². The Labute approximate surface area is 110 Å². The van der Waals surface area contributed by atoms with Crippen LogP contribution in [0.1, 0.15) is 26.2 Å². The molecule has 3 N–H and O–H groups in total. The molecule has 1 aliphatic heterocycles. The number of halogens is 1. The van der Waals surface area contributed by atoms with Crippen LogP contribution < -0.4 is 11.1 Å². The summed E-state index contributed by atoms with van der Waals surface area (Å²) in [6.45, 7) is 5.50. The van der Waals surface area contributed by atoms with Gasteiger partial charge >= 0.3 is 0 Å². The van der Waals surface area contributed by atoms with Crippen LogP contribution in [0.4, 0.5) is 0 Å². The molecule has 0 aromatic rings. The van der Waals surface area contributed by atoms with Crippen molar-refractivity contribution >= 4 is 18.3 Å². The first-order valence-corrected chi connectivity index (χ1v) is 6.40. The fraction of sp³-hybridized carbons (Fsp3) is 0.917. The van der Waals surface area contributed by atoms with Crippen LogP contribution in [0, 0.1) is 11.8 Å². The van der Waals surface area contributed by atoms with Gasteiger partial charge in [-0.3, -0.25) is 9.69 Å². The molecule has 0 spiro atoms. The van der Waals surface area contributed by atoms with Gasteiger partial charge in [0.05, 0.1) is 6.54 Å².